The van der Waals surface area contributed by atoms with Crippen LogP contribution in [0.25, 0.3) is 0 Å². The van der Waals surface area contributed by atoms with Gasteiger partial charge in [-0.15, -0.1) is 0 Å². The third kappa shape index (κ3) is 18.8. The Bertz CT molecular complexity index is 2160. The van der Waals surface area contributed by atoms with Crippen LogP contribution in [0.15, 0.2) is 11.6 Å². The van der Waals surface area contributed by atoms with Crippen LogP contribution in [0.4, 0.5) is 0 Å². The van der Waals surface area contributed by atoms with Gasteiger partial charge in [-0.1, -0.05) is 92.1 Å². The van der Waals surface area contributed by atoms with E-state index < -0.39 is 209 Å². The van der Waals surface area contributed by atoms with Crippen molar-refractivity contribution in [3.05, 3.63) is 11.6 Å². The molecule has 87 heavy (non-hydrogen) atoms. The third-order valence-corrected chi connectivity index (χ3v) is 17.4. The fourth-order valence-corrected chi connectivity index (χ4v) is 11.3. The first-order valence-electron chi connectivity index (χ1n) is 31.4. The second kappa shape index (κ2) is 34.5. The molecule has 0 saturated carbocycles. The number of fused-ring (bicyclic) bond motifs is 2. The van der Waals surface area contributed by atoms with Gasteiger partial charge >= 0.3 is 23.9 Å². The van der Waals surface area contributed by atoms with Crippen LogP contribution in [0.2, 0.25) is 0 Å². The van der Waals surface area contributed by atoms with E-state index in [1.165, 1.54) is 33.8 Å². The first kappa shape index (κ1) is 72.9. The summed E-state index contributed by atoms with van der Waals surface area (Å²) in [5, 5.41) is 103. The molecular weight excluding hydrogens is 1150 g/mol. The quantitative estimate of drug-likeness (QED) is 0.0534. The molecule has 6 fully saturated rings. The van der Waals surface area contributed by atoms with E-state index in [9.17, 15) is 65.1 Å². The van der Waals surface area contributed by atoms with E-state index in [2.05, 4.69) is 0 Å². The summed E-state index contributed by atoms with van der Waals surface area (Å²) >= 11 is 0. The number of allylic oxidation sites excluding steroid dienone is 1. The van der Waals surface area contributed by atoms with E-state index in [-0.39, 0.29) is 18.4 Å². The Balaban J connectivity index is 1.39. The maximum Gasteiger partial charge on any atom is 0.333 e. The smallest absolute Gasteiger partial charge is 0.333 e. The number of hydrogen-bond donors (Lipinski definition) is 9. The van der Waals surface area contributed by atoms with Crippen LogP contribution in [-0.2, 0) is 85.5 Å². The highest BCUT2D eigenvalue weighted by Gasteiger charge is 2.59. The molecule has 27 heteroatoms. The topological polar surface area (TPSA) is 380 Å². The van der Waals surface area contributed by atoms with Crippen molar-refractivity contribution in [1.29, 1.82) is 0 Å². The Morgan fingerprint density at radius 1 is 0.552 bits per heavy atom. The molecule has 0 unspecified atom stereocenters. The Morgan fingerprint density at radius 2 is 1.10 bits per heavy atom. The van der Waals surface area contributed by atoms with Crippen molar-refractivity contribution in [2.75, 3.05) is 13.2 Å². The van der Waals surface area contributed by atoms with Crippen LogP contribution in [-0.4, -0.2) is 243 Å². The molecule has 6 heterocycles. The number of aliphatic hydroxyl groups excluding tert-OH is 9. The monoisotopic (exact) mass is 1250 g/mol. The Hall–Kier alpha value is -3.14. The van der Waals surface area contributed by atoms with Gasteiger partial charge in [0.2, 0.25) is 0 Å². The molecule has 0 radical (unpaired) electrons. The highest BCUT2D eigenvalue weighted by atomic mass is 16.8. The zero-order chi connectivity index (χ0) is 64.0. The molecule has 6 rings (SSSR count). The van der Waals surface area contributed by atoms with E-state index >= 15 is 0 Å². The molecule has 0 bridgehead atoms. The lowest BCUT2D eigenvalue weighted by molar-refractivity contribution is -0.400. The highest BCUT2D eigenvalue weighted by Crippen LogP contribution is 2.40. The molecule has 27 nitrogen and oxygen atoms in total. The molecule has 0 amide bonds. The minimum atomic E-state index is -2.08. The average molecular weight is 1250 g/mol. The molecule has 6 aliphatic rings. The number of rotatable bonds is 18. The molecular formula is C60H100O27. The maximum atomic E-state index is 14.2. The number of aliphatic hydroxyl groups is 9. The van der Waals surface area contributed by atoms with Crippen molar-refractivity contribution in [3.63, 3.8) is 0 Å². The fraction of sp³-hybridized carbons (Fsp3) is 0.900. The van der Waals surface area contributed by atoms with Crippen molar-refractivity contribution < 1.29 is 131 Å². The summed E-state index contributed by atoms with van der Waals surface area (Å²) in [5.41, 5.74) is 0.210. The SMILES string of the molecule is C/C=C(\C)C(=O)O[C@@H]1[C@@H](O)[C@@H](O)[C@H](O[C@@H]2[C@@H](O[C@@H]3O[C@H](COC(=O)[C@@H](C)CC)[C@@H](O)[C@H](O)[C@H]3O)[C@@H](OC(=O)[C@@H](C)CC)[C@H](O[C@@H]3[C@@H](O)[C@H]4OC(=O)CCCCCCCCCC[C@H](CCC)O[C@@H]5O[C@H](CO)[C@@H](O)[C@H](O)[C@H]5O[C@@H]4O[C@H]3C)O[C@H]2C)O[C@H]1C. The molecule has 0 aliphatic carbocycles. The van der Waals surface area contributed by atoms with Gasteiger partial charge in [-0.25, -0.2) is 4.79 Å². The molecule has 6 aliphatic heterocycles. The van der Waals surface area contributed by atoms with Gasteiger partial charge in [-0.3, -0.25) is 14.4 Å². The maximum absolute atomic E-state index is 14.2. The van der Waals surface area contributed by atoms with Crippen LogP contribution in [0.3, 0.4) is 0 Å². The summed E-state index contributed by atoms with van der Waals surface area (Å²) in [6.45, 7) is 14.8. The summed E-state index contributed by atoms with van der Waals surface area (Å²) in [6.07, 6.45) is -31.7. The third-order valence-electron chi connectivity index (χ3n) is 17.4. The lowest BCUT2D eigenvalue weighted by Crippen LogP contribution is -2.68. The summed E-state index contributed by atoms with van der Waals surface area (Å²) in [5.74, 6) is -4.43. The zero-order valence-corrected chi connectivity index (χ0v) is 51.9. The second-order valence-corrected chi connectivity index (χ2v) is 24.1. The molecule has 0 aromatic rings. The minimum absolute atomic E-state index is 0.0797. The van der Waals surface area contributed by atoms with Gasteiger partial charge in [-0.2, -0.15) is 0 Å². The Morgan fingerprint density at radius 3 is 1.75 bits per heavy atom. The highest BCUT2D eigenvalue weighted by molar-refractivity contribution is 5.87. The summed E-state index contributed by atoms with van der Waals surface area (Å²) in [7, 11) is 0. The average Bonchev–Trinajstić information content (AvgIpc) is 1.11. The van der Waals surface area contributed by atoms with E-state index in [4.69, 9.17) is 66.3 Å². The summed E-state index contributed by atoms with van der Waals surface area (Å²) < 4.78 is 87.0. The first-order valence-corrected chi connectivity index (χ1v) is 31.4. The van der Waals surface area contributed by atoms with Gasteiger partial charge in [0.1, 0.15) is 92.1 Å². The summed E-state index contributed by atoms with van der Waals surface area (Å²) in [6, 6.07) is 0. The van der Waals surface area contributed by atoms with Gasteiger partial charge in [-0.05, 0) is 66.7 Å². The molecule has 28 atom stereocenters. The van der Waals surface area contributed by atoms with E-state index in [1.54, 1.807) is 34.6 Å². The van der Waals surface area contributed by atoms with Crippen LogP contribution in [0.5, 0.6) is 0 Å². The van der Waals surface area contributed by atoms with Gasteiger partial charge in [0.25, 0.3) is 0 Å². The largest absolute Gasteiger partial charge is 0.463 e. The van der Waals surface area contributed by atoms with Gasteiger partial charge < -0.3 is 112 Å². The molecule has 6 saturated heterocycles. The first-order chi connectivity index (χ1) is 41.4. The fourth-order valence-electron chi connectivity index (χ4n) is 11.3. The van der Waals surface area contributed by atoms with E-state index in [0.717, 1.165) is 44.9 Å². The lowest BCUT2D eigenvalue weighted by Gasteiger charge is -2.51. The van der Waals surface area contributed by atoms with E-state index in [0.29, 0.717) is 32.1 Å². The van der Waals surface area contributed by atoms with Crippen molar-refractivity contribution in [2.45, 2.75) is 319 Å². The standard InChI is InChI=1S/C60H100O27/c1-11-23-34-24-21-19-17-15-16-18-20-22-25-37(62)81-50-45(70)47(32(9)76-58(50)86-49-41(66)38(63)35(26-61)79-59(49)78-34)84-60-52(83-55(73)30(7)14-4)51(87-57-43(68)40(65)39(64)36(80-57)27-74-53(71)28(5)12-2)48(33(10)77-60)85-56-44(69)42(67)46(31(8)75-56)82-54(72)29(6)13-3/h13,28,30-36,38-52,56-61,63-70H,11-12,14-27H2,1-10H3/b29-13+/t28-,30-,31-,32-,33-,34-,35+,36+,38+,39+,40-,41-,42-,43+,44+,45+,46-,47-,48-,49+,50+,51+,52+,56-,57-,58-,59+,60-/m0/s1. The van der Waals surface area contributed by atoms with Crippen LogP contribution < -0.4 is 0 Å². The number of hydrogen-bond acceptors (Lipinski definition) is 27. The van der Waals surface area contributed by atoms with Crippen molar-refractivity contribution in [1.82, 2.24) is 0 Å². The molecule has 0 spiro atoms. The molecule has 0 aromatic carbocycles. The van der Waals surface area contributed by atoms with Crippen LogP contribution in [0, 0.1) is 11.8 Å². The predicted octanol–water partition coefficient (Wildman–Crippen LogP) is 1.53. The minimum Gasteiger partial charge on any atom is -0.463 e. The number of carbonyl (C=O) groups is 4. The molecule has 9 N–H and O–H groups in total. The predicted molar refractivity (Wildman–Crippen MR) is 300 cm³/mol. The van der Waals surface area contributed by atoms with Crippen LogP contribution in [0.1, 0.15) is 159 Å². The van der Waals surface area contributed by atoms with Gasteiger partial charge in [0.05, 0.1) is 42.9 Å². The summed E-state index contributed by atoms with van der Waals surface area (Å²) in [4.78, 5) is 53.8. The van der Waals surface area contributed by atoms with Crippen LogP contribution >= 0.6 is 0 Å². The van der Waals surface area contributed by atoms with E-state index in [1.807, 2.05) is 6.92 Å². The number of carbonyl (C=O) groups excluding carboxylic acids is 4. The lowest BCUT2D eigenvalue weighted by atomic mass is 9.95. The van der Waals surface area contributed by atoms with Gasteiger partial charge in [0.15, 0.2) is 49.8 Å². The second-order valence-electron chi connectivity index (χ2n) is 24.1. The molecule has 0 aromatic heterocycles. The molecule has 502 valence electrons. The number of esters is 4. The Kier molecular flexibility index (Phi) is 28.9. The zero-order valence-electron chi connectivity index (χ0n) is 51.9. The van der Waals surface area contributed by atoms with Gasteiger partial charge in [0, 0.05) is 12.0 Å². The van der Waals surface area contributed by atoms with Crippen molar-refractivity contribution >= 4 is 23.9 Å². The van der Waals surface area contributed by atoms with Crippen molar-refractivity contribution in [2.24, 2.45) is 11.8 Å². The Labute approximate surface area is 509 Å². The normalized spacial score (nSPS) is 42.3. The number of ether oxygens (including phenoxy) is 14. The van der Waals surface area contributed by atoms with Crippen molar-refractivity contribution in [3.8, 4) is 0 Å².